The van der Waals surface area contributed by atoms with Crippen LogP contribution < -0.4 is 9.62 Å². The average molecular weight is 595 g/mol. The van der Waals surface area contributed by atoms with Crippen LogP contribution in [-0.4, -0.2) is 51.0 Å². The van der Waals surface area contributed by atoms with Crippen molar-refractivity contribution in [2.45, 2.75) is 31.8 Å². The third-order valence-corrected chi connectivity index (χ3v) is 7.85. The number of carbonyl (C=O) groups is 2. The van der Waals surface area contributed by atoms with Gasteiger partial charge < -0.3 is 10.2 Å². The van der Waals surface area contributed by atoms with Crippen LogP contribution in [0.15, 0.2) is 72.8 Å². The van der Waals surface area contributed by atoms with Crippen LogP contribution in [0, 0.1) is 5.82 Å². The molecule has 0 aromatic heterocycles. The van der Waals surface area contributed by atoms with Gasteiger partial charge in [-0.05, 0) is 47.9 Å². The molecule has 0 saturated heterocycles. The molecular formula is C28H30Cl2FN3O4S. The van der Waals surface area contributed by atoms with Gasteiger partial charge in [0.2, 0.25) is 21.8 Å². The summed E-state index contributed by atoms with van der Waals surface area (Å²) in [5.41, 5.74) is 1.73. The molecule has 0 saturated carbocycles. The number of hydrogen-bond donors (Lipinski definition) is 1. The molecule has 0 fully saturated rings. The van der Waals surface area contributed by atoms with Crippen molar-refractivity contribution in [3.05, 3.63) is 99.8 Å². The maximum Gasteiger partial charge on any atom is 0.242 e. The second kappa shape index (κ2) is 13.8. The zero-order chi connectivity index (χ0) is 28.6. The SMILES string of the molecule is CNC(=O)[C@@H](Cc1ccccc1)N(Cc1ccc(F)cc1)C(=O)CCCN(c1cc(Cl)ccc1Cl)S(C)(=O)=O. The van der Waals surface area contributed by atoms with Crippen molar-refractivity contribution >= 4 is 50.7 Å². The third kappa shape index (κ3) is 8.68. The monoisotopic (exact) mass is 593 g/mol. The number of anilines is 1. The molecule has 0 aliphatic rings. The van der Waals surface area contributed by atoms with E-state index in [-0.39, 0.29) is 54.9 Å². The molecule has 0 radical (unpaired) electrons. The van der Waals surface area contributed by atoms with Crippen molar-refractivity contribution in [1.29, 1.82) is 0 Å². The number of rotatable bonds is 12. The maximum absolute atomic E-state index is 13.6. The molecule has 208 valence electrons. The molecule has 0 spiro atoms. The van der Waals surface area contributed by atoms with Crippen molar-refractivity contribution in [3.63, 3.8) is 0 Å². The van der Waals surface area contributed by atoms with Crippen LogP contribution in [0.4, 0.5) is 10.1 Å². The van der Waals surface area contributed by atoms with E-state index in [1.165, 1.54) is 36.2 Å². The van der Waals surface area contributed by atoms with Crippen LogP contribution in [0.25, 0.3) is 0 Å². The smallest absolute Gasteiger partial charge is 0.242 e. The number of halogens is 3. The number of nitrogens with zero attached hydrogens (tertiary/aromatic N) is 2. The predicted octanol–water partition coefficient (Wildman–Crippen LogP) is 5.06. The van der Waals surface area contributed by atoms with Gasteiger partial charge in [0.1, 0.15) is 11.9 Å². The third-order valence-electron chi connectivity index (χ3n) is 6.11. The number of carbonyl (C=O) groups excluding carboxylic acids is 2. The normalized spacial score (nSPS) is 12.0. The van der Waals surface area contributed by atoms with Crippen molar-refractivity contribution in [2.75, 3.05) is 24.2 Å². The lowest BCUT2D eigenvalue weighted by atomic mass is 10.0. The van der Waals surface area contributed by atoms with Gasteiger partial charge in [0.25, 0.3) is 0 Å². The molecule has 3 aromatic rings. The second-order valence-electron chi connectivity index (χ2n) is 9.00. The van der Waals surface area contributed by atoms with Crippen LogP contribution >= 0.6 is 23.2 Å². The summed E-state index contributed by atoms with van der Waals surface area (Å²) in [4.78, 5) is 28.1. The lowest BCUT2D eigenvalue weighted by Crippen LogP contribution is -2.49. The largest absolute Gasteiger partial charge is 0.357 e. The van der Waals surface area contributed by atoms with Gasteiger partial charge in [-0.15, -0.1) is 0 Å². The van der Waals surface area contributed by atoms with Gasteiger partial charge >= 0.3 is 0 Å². The van der Waals surface area contributed by atoms with E-state index < -0.39 is 21.9 Å². The van der Waals surface area contributed by atoms with Gasteiger partial charge in [-0.2, -0.15) is 0 Å². The van der Waals surface area contributed by atoms with Crippen LogP contribution in [0.2, 0.25) is 10.0 Å². The van der Waals surface area contributed by atoms with Crippen molar-refractivity contribution in [2.24, 2.45) is 0 Å². The number of hydrogen-bond acceptors (Lipinski definition) is 4. The quantitative estimate of drug-likeness (QED) is 0.318. The zero-order valence-corrected chi connectivity index (χ0v) is 23.9. The second-order valence-corrected chi connectivity index (χ2v) is 11.8. The van der Waals surface area contributed by atoms with E-state index in [0.717, 1.165) is 16.1 Å². The summed E-state index contributed by atoms with van der Waals surface area (Å²) in [5, 5.41) is 3.16. The molecule has 0 aliphatic heterocycles. The maximum atomic E-state index is 13.6. The molecular weight excluding hydrogens is 564 g/mol. The molecule has 0 heterocycles. The van der Waals surface area contributed by atoms with Gasteiger partial charge in [0.05, 0.1) is 17.0 Å². The van der Waals surface area contributed by atoms with Crippen molar-refractivity contribution < 1.29 is 22.4 Å². The highest BCUT2D eigenvalue weighted by Gasteiger charge is 2.30. The summed E-state index contributed by atoms with van der Waals surface area (Å²) >= 11 is 12.3. The van der Waals surface area contributed by atoms with E-state index in [4.69, 9.17) is 23.2 Å². The standard InChI is InChI=1S/C28H30Cl2FN3O4S/c1-32-28(36)26(17-20-7-4-3-5-8-20)33(19-21-10-13-23(31)14-11-21)27(35)9-6-16-34(39(2,37)38)25-18-22(29)12-15-24(25)30/h3-5,7-8,10-15,18,26H,6,9,16-17,19H2,1-2H3,(H,32,36)/t26-/m1/s1. The van der Waals surface area contributed by atoms with Crippen LogP contribution in [0.1, 0.15) is 24.0 Å². The van der Waals surface area contributed by atoms with Crippen LogP contribution in [-0.2, 0) is 32.6 Å². The Kier molecular flexibility index (Phi) is 10.7. The minimum atomic E-state index is -3.74. The van der Waals surface area contributed by atoms with Crippen molar-refractivity contribution in [3.8, 4) is 0 Å². The van der Waals surface area contributed by atoms with Crippen LogP contribution in [0.5, 0.6) is 0 Å². The lowest BCUT2D eigenvalue weighted by molar-refractivity contribution is -0.141. The Labute approximate surface area is 238 Å². The predicted molar refractivity (Wildman–Crippen MR) is 153 cm³/mol. The summed E-state index contributed by atoms with van der Waals surface area (Å²) in [6, 6.07) is 18.7. The molecule has 0 aliphatic carbocycles. The molecule has 11 heteroatoms. The molecule has 2 amide bonds. The minimum absolute atomic E-state index is 0.0294. The summed E-state index contributed by atoms with van der Waals surface area (Å²) in [7, 11) is -2.24. The highest BCUT2D eigenvalue weighted by Crippen LogP contribution is 2.31. The first-order valence-corrected chi connectivity index (χ1v) is 14.8. The first kappa shape index (κ1) is 30.4. The van der Waals surface area contributed by atoms with Crippen LogP contribution in [0.3, 0.4) is 0 Å². The fraction of sp³-hybridized carbons (Fsp3) is 0.286. The molecule has 7 nitrogen and oxygen atoms in total. The first-order valence-electron chi connectivity index (χ1n) is 12.2. The summed E-state index contributed by atoms with van der Waals surface area (Å²) in [6.45, 7) is 0.0400. The van der Waals surface area contributed by atoms with E-state index in [1.807, 2.05) is 30.3 Å². The fourth-order valence-corrected chi connectivity index (χ4v) is 5.57. The summed E-state index contributed by atoms with van der Waals surface area (Å²) in [6.07, 6.45) is 1.42. The molecule has 0 unspecified atom stereocenters. The Morgan fingerprint density at radius 2 is 1.64 bits per heavy atom. The van der Waals surface area contributed by atoms with E-state index in [9.17, 15) is 22.4 Å². The van der Waals surface area contributed by atoms with E-state index >= 15 is 0 Å². The molecule has 39 heavy (non-hydrogen) atoms. The van der Waals surface area contributed by atoms with Crippen molar-refractivity contribution in [1.82, 2.24) is 10.2 Å². The molecule has 1 N–H and O–H groups in total. The minimum Gasteiger partial charge on any atom is -0.357 e. The highest BCUT2D eigenvalue weighted by atomic mass is 35.5. The fourth-order valence-electron chi connectivity index (χ4n) is 4.17. The number of sulfonamides is 1. The van der Waals surface area contributed by atoms with Gasteiger partial charge in [-0.25, -0.2) is 12.8 Å². The Balaban J connectivity index is 1.86. The Bertz CT molecular complexity index is 1390. The Hall–Kier alpha value is -3.14. The van der Waals surface area contributed by atoms with Gasteiger partial charge in [-0.3, -0.25) is 13.9 Å². The van der Waals surface area contributed by atoms with E-state index in [0.29, 0.717) is 10.6 Å². The number of benzene rings is 3. The molecule has 1 atom stereocenters. The number of likely N-dealkylation sites (N-methyl/N-ethyl adjacent to an activating group) is 1. The highest BCUT2D eigenvalue weighted by molar-refractivity contribution is 7.92. The topological polar surface area (TPSA) is 86.8 Å². The molecule has 0 bridgehead atoms. The average Bonchev–Trinajstić information content (AvgIpc) is 2.90. The molecule has 3 aromatic carbocycles. The number of nitrogens with one attached hydrogen (secondary N) is 1. The van der Waals surface area contributed by atoms with Gasteiger partial charge in [0.15, 0.2) is 0 Å². The van der Waals surface area contributed by atoms with E-state index in [1.54, 1.807) is 18.2 Å². The zero-order valence-electron chi connectivity index (χ0n) is 21.6. The Morgan fingerprint density at radius 3 is 2.26 bits per heavy atom. The van der Waals surface area contributed by atoms with E-state index in [2.05, 4.69) is 5.32 Å². The number of amides is 2. The van der Waals surface area contributed by atoms with Gasteiger partial charge in [0, 0.05) is 38.0 Å². The lowest BCUT2D eigenvalue weighted by Gasteiger charge is -2.31. The van der Waals surface area contributed by atoms with Gasteiger partial charge in [-0.1, -0.05) is 65.7 Å². The Morgan fingerprint density at radius 1 is 0.974 bits per heavy atom. The molecule has 3 rings (SSSR count). The first-order chi connectivity index (χ1) is 18.5. The summed E-state index contributed by atoms with van der Waals surface area (Å²) in [5.74, 6) is -1.11. The summed E-state index contributed by atoms with van der Waals surface area (Å²) < 4.78 is 39.8.